The van der Waals surface area contributed by atoms with Crippen molar-refractivity contribution < 1.29 is 20.9 Å². The molecule has 4 nitrogen and oxygen atoms in total. The van der Waals surface area contributed by atoms with E-state index in [1.54, 1.807) is 11.3 Å². The van der Waals surface area contributed by atoms with Gasteiger partial charge in [0, 0.05) is 28.2 Å². The molecule has 6 N–H and O–H groups in total. The van der Waals surface area contributed by atoms with E-state index in [4.69, 9.17) is 9.47 Å². The first-order valence-electron chi connectivity index (χ1n) is 8.22. The highest BCUT2D eigenvalue weighted by molar-refractivity contribution is 7.15. The highest BCUT2D eigenvalue weighted by Gasteiger charge is 2.15. The Balaban J connectivity index is 2.30. The zero-order valence-corrected chi connectivity index (χ0v) is 15.0. The van der Waals surface area contributed by atoms with Gasteiger partial charge >= 0.3 is 0 Å². The van der Waals surface area contributed by atoms with Crippen LogP contribution in [-0.2, 0) is 0 Å². The van der Waals surface area contributed by atoms with Crippen LogP contribution in [0.25, 0.3) is 10.4 Å². The zero-order chi connectivity index (χ0) is 16.7. The van der Waals surface area contributed by atoms with Crippen molar-refractivity contribution in [3.8, 4) is 21.9 Å². The lowest BCUT2D eigenvalue weighted by Crippen LogP contribution is -2.50. The standard InChI is InChI=1S/C18H26N2O2S/c1-13-5-8-17(23-13)15-6-7-16(21-11-3-9-19)18(14(15)2)22-12-4-10-20/h5-8H,3-4,9-12,19-20H2,1-2H3/p+2. The quantitative estimate of drug-likeness (QED) is 0.688. The molecule has 0 fully saturated rings. The number of hydrogen-bond acceptors (Lipinski definition) is 3. The van der Waals surface area contributed by atoms with Crippen LogP contribution >= 0.6 is 11.3 Å². The third kappa shape index (κ3) is 4.70. The Morgan fingerprint density at radius 2 is 1.61 bits per heavy atom. The Kier molecular flexibility index (Phi) is 6.89. The van der Waals surface area contributed by atoms with Gasteiger partial charge in [-0.05, 0) is 43.7 Å². The van der Waals surface area contributed by atoms with E-state index in [-0.39, 0.29) is 0 Å². The first-order chi connectivity index (χ1) is 11.2. The molecule has 0 bridgehead atoms. The average Bonchev–Trinajstić information content (AvgIpc) is 2.96. The van der Waals surface area contributed by atoms with Gasteiger partial charge in [0.25, 0.3) is 0 Å². The van der Waals surface area contributed by atoms with Crippen molar-refractivity contribution in [1.29, 1.82) is 0 Å². The van der Waals surface area contributed by atoms with E-state index in [0.717, 1.165) is 43.0 Å². The molecule has 1 aromatic carbocycles. The van der Waals surface area contributed by atoms with E-state index < -0.39 is 0 Å². The van der Waals surface area contributed by atoms with Crippen molar-refractivity contribution in [3.63, 3.8) is 0 Å². The van der Waals surface area contributed by atoms with Crippen LogP contribution in [-0.4, -0.2) is 26.3 Å². The molecule has 0 radical (unpaired) electrons. The van der Waals surface area contributed by atoms with Crippen LogP contribution in [0.5, 0.6) is 11.5 Å². The minimum Gasteiger partial charge on any atom is -0.489 e. The summed E-state index contributed by atoms with van der Waals surface area (Å²) in [6.45, 7) is 7.34. The first kappa shape index (κ1) is 17.8. The molecule has 0 saturated heterocycles. The fourth-order valence-electron chi connectivity index (χ4n) is 2.37. The molecule has 0 aliphatic rings. The fraction of sp³-hybridized carbons (Fsp3) is 0.444. The van der Waals surface area contributed by atoms with Gasteiger partial charge in [0.2, 0.25) is 0 Å². The van der Waals surface area contributed by atoms with E-state index in [2.05, 4.69) is 43.5 Å². The predicted molar refractivity (Wildman–Crippen MR) is 95.0 cm³/mol. The molecule has 0 spiro atoms. The Hall–Kier alpha value is -1.56. The second-order valence-corrected chi connectivity index (χ2v) is 6.87. The number of benzene rings is 1. The van der Waals surface area contributed by atoms with Crippen LogP contribution in [0, 0.1) is 13.8 Å². The van der Waals surface area contributed by atoms with Crippen LogP contribution in [0.15, 0.2) is 24.3 Å². The molecule has 1 heterocycles. The average molecular weight is 337 g/mol. The van der Waals surface area contributed by atoms with Crippen LogP contribution in [0.4, 0.5) is 0 Å². The van der Waals surface area contributed by atoms with E-state index >= 15 is 0 Å². The summed E-state index contributed by atoms with van der Waals surface area (Å²) in [6.07, 6.45) is 1.89. The molecule has 5 heteroatoms. The van der Waals surface area contributed by atoms with Crippen molar-refractivity contribution in [2.75, 3.05) is 26.3 Å². The molecule has 0 saturated carbocycles. The van der Waals surface area contributed by atoms with Gasteiger partial charge in [-0.25, -0.2) is 0 Å². The number of ether oxygens (including phenoxy) is 2. The summed E-state index contributed by atoms with van der Waals surface area (Å²) in [5, 5.41) is 0. The lowest BCUT2D eigenvalue weighted by Gasteiger charge is -2.17. The van der Waals surface area contributed by atoms with Crippen molar-refractivity contribution in [2.45, 2.75) is 26.7 Å². The van der Waals surface area contributed by atoms with Gasteiger partial charge in [0.05, 0.1) is 26.3 Å². The topological polar surface area (TPSA) is 73.7 Å². The summed E-state index contributed by atoms with van der Waals surface area (Å²) >= 11 is 1.80. The number of quaternary nitrogens is 2. The van der Waals surface area contributed by atoms with Gasteiger partial charge in [-0.1, -0.05) is 0 Å². The molecule has 2 aromatic rings. The van der Waals surface area contributed by atoms with Crippen LogP contribution < -0.4 is 20.9 Å². The molecular formula is C18H28N2O2S+2. The Bertz CT molecular complexity index is 625. The van der Waals surface area contributed by atoms with Crippen LogP contribution in [0.1, 0.15) is 23.3 Å². The van der Waals surface area contributed by atoms with E-state index in [0.29, 0.717) is 13.2 Å². The second-order valence-electron chi connectivity index (χ2n) is 5.59. The lowest BCUT2D eigenvalue weighted by molar-refractivity contribution is -0.369. The summed E-state index contributed by atoms with van der Waals surface area (Å²) < 4.78 is 11.9. The van der Waals surface area contributed by atoms with Crippen molar-refractivity contribution in [2.24, 2.45) is 0 Å². The predicted octanol–water partition coefficient (Wildman–Crippen LogP) is 2.05. The molecule has 1 aromatic heterocycles. The molecule has 2 rings (SSSR count). The SMILES string of the molecule is Cc1ccc(-c2ccc(OCCC[NH3+])c(OCCC[NH3+])c2C)s1. The third-order valence-electron chi connectivity index (χ3n) is 3.67. The summed E-state index contributed by atoms with van der Waals surface area (Å²) in [5.74, 6) is 1.70. The van der Waals surface area contributed by atoms with Crippen molar-refractivity contribution >= 4 is 11.3 Å². The van der Waals surface area contributed by atoms with Crippen LogP contribution in [0.3, 0.4) is 0 Å². The number of aryl methyl sites for hydroxylation is 1. The molecule has 0 atom stereocenters. The van der Waals surface area contributed by atoms with Gasteiger partial charge in [-0.15, -0.1) is 11.3 Å². The van der Waals surface area contributed by atoms with Gasteiger partial charge in [0.1, 0.15) is 0 Å². The van der Waals surface area contributed by atoms with Gasteiger partial charge in [0.15, 0.2) is 11.5 Å². The van der Waals surface area contributed by atoms with Crippen LogP contribution in [0.2, 0.25) is 0 Å². The van der Waals surface area contributed by atoms with Gasteiger partial charge in [-0.3, -0.25) is 0 Å². The Morgan fingerprint density at radius 3 is 2.22 bits per heavy atom. The smallest absolute Gasteiger partial charge is 0.164 e. The normalized spacial score (nSPS) is 10.8. The molecule has 0 amide bonds. The second kappa shape index (κ2) is 8.91. The molecule has 0 unspecified atom stereocenters. The highest BCUT2D eigenvalue weighted by atomic mass is 32.1. The maximum Gasteiger partial charge on any atom is 0.164 e. The van der Waals surface area contributed by atoms with Crippen molar-refractivity contribution in [1.82, 2.24) is 0 Å². The minimum absolute atomic E-state index is 0.670. The maximum atomic E-state index is 6.03. The number of thiophene rings is 1. The number of rotatable bonds is 9. The van der Waals surface area contributed by atoms with Gasteiger partial charge < -0.3 is 20.9 Å². The molecule has 126 valence electrons. The van der Waals surface area contributed by atoms with Gasteiger partial charge in [-0.2, -0.15) is 0 Å². The van der Waals surface area contributed by atoms with E-state index in [9.17, 15) is 0 Å². The van der Waals surface area contributed by atoms with E-state index in [1.807, 2.05) is 6.07 Å². The fourth-order valence-corrected chi connectivity index (χ4v) is 3.32. The number of hydrogen-bond donors (Lipinski definition) is 2. The summed E-state index contributed by atoms with van der Waals surface area (Å²) in [5.41, 5.74) is 10.1. The third-order valence-corrected chi connectivity index (χ3v) is 4.70. The molecule has 0 aliphatic carbocycles. The summed E-state index contributed by atoms with van der Waals surface area (Å²) in [7, 11) is 0. The summed E-state index contributed by atoms with van der Waals surface area (Å²) in [4.78, 5) is 2.58. The Labute approximate surface area is 142 Å². The highest BCUT2D eigenvalue weighted by Crippen LogP contribution is 2.40. The zero-order valence-electron chi connectivity index (χ0n) is 14.2. The Morgan fingerprint density at radius 1 is 0.913 bits per heavy atom. The summed E-state index contributed by atoms with van der Waals surface area (Å²) in [6, 6.07) is 8.49. The largest absolute Gasteiger partial charge is 0.489 e. The maximum absolute atomic E-state index is 6.03. The van der Waals surface area contributed by atoms with E-state index in [1.165, 1.54) is 15.3 Å². The monoisotopic (exact) mass is 336 g/mol. The molecular weight excluding hydrogens is 308 g/mol. The van der Waals surface area contributed by atoms with Crippen molar-refractivity contribution in [3.05, 3.63) is 34.7 Å². The first-order valence-corrected chi connectivity index (χ1v) is 9.03. The lowest BCUT2D eigenvalue weighted by atomic mass is 10.1. The molecule has 23 heavy (non-hydrogen) atoms. The minimum atomic E-state index is 0.670. The molecule has 0 aliphatic heterocycles.